The van der Waals surface area contributed by atoms with Crippen LogP contribution in [0.5, 0.6) is 11.5 Å². The summed E-state index contributed by atoms with van der Waals surface area (Å²) < 4.78 is 5.71. The Hall–Kier alpha value is -1.03. The maximum absolute atomic E-state index is 11.5. The van der Waals surface area contributed by atoms with E-state index in [9.17, 15) is 9.90 Å². The highest BCUT2D eigenvalue weighted by Gasteiger charge is 2.27. The van der Waals surface area contributed by atoms with E-state index in [0.29, 0.717) is 28.6 Å². The Balaban J connectivity index is 2.72. The molecule has 0 aliphatic heterocycles. The van der Waals surface area contributed by atoms with Gasteiger partial charge in [0.1, 0.15) is 0 Å². The SMILES string of the molecule is COc1c(O)cc(Br)c2c1CCC2=O. The van der Waals surface area contributed by atoms with Crippen molar-refractivity contribution in [3.63, 3.8) is 0 Å². The summed E-state index contributed by atoms with van der Waals surface area (Å²) >= 11 is 3.27. The molecule has 1 aliphatic carbocycles. The number of carbonyl (C=O) groups excluding carboxylic acids is 1. The van der Waals surface area contributed by atoms with Crippen molar-refractivity contribution in [3.8, 4) is 11.5 Å². The molecule has 1 aliphatic rings. The van der Waals surface area contributed by atoms with Crippen LogP contribution in [-0.4, -0.2) is 18.0 Å². The van der Waals surface area contributed by atoms with Gasteiger partial charge in [-0.2, -0.15) is 0 Å². The number of benzene rings is 1. The number of aromatic hydroxyl groups is 1. The molecule has 0 bridgehead atoms. The first kappa shape index (κ1) is 9.52. The maximum Gasteiger partial charge on any atom is 0.164 e. The standard InChI is InChI=1S/C10H9BrO3/c1-14-10-5-2-3-7(12)9(5)6(11)4-8(10)13/h4,13H,2-3H2,1H3. The topological polar surface area (TPSA) is 46.5 Å². The molecule has 0 atom stereocenters. The molecule has 0 saturated carbocycles. The van der Waals surface area contributed by atoms with E-state index in [1.54, 1.807) is 0 Å². The van der Waals surface area contributed by atoms with E-state index < -0.39 is 0 Å². The van der Waals surface area contributed by atoms with Gasteiger partial charge in [0.05, 0.1) is 7.11 Å². The van der Waals surface area contributed by atoms with Crippen molar-refractivity contribution in [1.82, 2.24) is 0 Å². The predicted molar refractivity (Wildman–Crippen MR) is 55.0 cm³/mol. The van der Waals surface area contributed by atoms with Gasteiger partial charge in [0.15, 0.2) is 17.3 Å². The van der Waals surface area contributed by atoms with Crippen LogP contribution in [0.4, 0.5) is 0 Å². The highest BCUT2D eigenvalue weighted by Crippen LogP contribution is 2.41. The number of fused-ring (bicyclic) bond motifs is 1. The zero-order chi connectivity index (χ0) is 10.3. The molecule has 0 radical (unpaired) electrons. The van der Waals surface area contributed by atoms with Gasteiger partial charge in [-0.05, 0) is 28.4 Å². The number of ether oxygens (including phenoxy) is 1. The monoisotopic (exact) mass is 256 g/mol. The summed E-state index contributed by atoms with van der Waals surface area (Å²) in [5, 5.41) is 9.58. The van der Waals surface area contributed by atoms with Gasteiger partial charge < -0.3 is 9.84 Å². The highest BCUT2D eigenvalue weighted by atomic mass is 79.9. The van der Waals surface area contributed by atoms with E-state index in [2.05, 4.69) is 15.9 Å². The van der Waals surface area contributed by atoms with E-state index in [1.165, 1.54) is 13.2 Å². The van der Waals surface area contributed by atoms with Gasteiger partial charge in [0, 0.05) is 22.0 Å². The number of phenols is 1. The quantitative estimate of drug-likeness (QED) is 0.839. The number of methoxy groups -OCH3 is 1. The summed E-state index contributed by atoms with van der Waals surface area (Å²) in [6, 6.07) is 1.50. The van der Waals surface area contributed by atoms with Crippen LogP contribution in [0.1, 0.15) is 22.3 Å². The van der Waals surface area contributed by atoms with Crippen molar-refractivity contribution < 1.29 is 14.6 Å². The molecule has 0 saturated heterocycles. The Morgan fingerprint density at radius 3 is 2.86 bits per heavy atom. The zero-order valence-corrected chi connectivity index (χ0v) is 9.22. The van der Waals surface area contributed by atoms with Crippen LogP contribution in [0.15, 0.2) is 10.5 Å². The van der Waals surface area contributed by atoms with E-state index in [4.69, 9.17) is 4.74 Å². The number of ketones is 1. The van der Waals surface area contributed by atoms with Crippen LogP contribution in [0.3, 0.4) is 0 Å². The maximum atomic E-state index is 11.5. The number of hydrogen-bond acceptors (Lipinski definition) is 3. The van der Waals surface area contributed by atoms with Gasteiger partial charge in [0.25, 0.3) is 0 Å². The molecule has 0 fully saturated rings. The fraction of sp³-hybridized carbons (Fsp3) is 0.300. The van der Waals surface area contributed by atoms with Gasteiger partial charge in [-0.1, -0.05) is 0 Å². The second kappa shape index (κ2) is 3.28. The molecular formula is C10H9BrO3. The molecule has 1 aromatic carbocycles. The lowest BCUT2D eigenvalue weighted by Crippen LogP contribution is -1.96. The summed E-state index contributed by atoms with van der Waals surface area (Å²) in [4.78, 5) is 11.5. The molecule has 0 amide bonds. The Morgan fingerprint density at radius 1 is 1.50 bits per heavy atom. The lowest BCUT2D eigenvalue weighted by atomic mass is 10.1. The summed E-state index contributed by atoms with van der Waals surface area (Å²) in [7, 11) is 1.49. The first-order chi connectivity index (χ1) is 6.65. The third-order valence-corrected chi connectivity index (χ3v) is 3.02. The minimum atomic E-state index is 0.0767. The van der Waals surface area contributed by atoms with Crippen LogP contribution in [0.25, 0.3) is 0 Å². The van der Waals surface area contributed by atoms with Gasteiger partial charge in [-0.15, -0.1) is 0 Å². The second-order valence-electron chi connectivity index (χ2n) is 3.19. The van der Waals surface area contributed by atoms with E-state index in [-0.39, 0.29) is 11.5 Å². The first-order valence-electron chi connectivity index (χ1n) is 4.26. The number of carbonyl (C=O) groups is 1. The predicted octanol–water partition coefficient (Wildman–Crippen LogP) is 2.29. The highest BCUT2D eigenvalue weighted by molar-refractivity contribution is 9.10. The van der Waals surface area contributed by atoms with E-state index >= 15 is 0 Å². The van der Waals surface area contributed by atoms with Gasteiger partial charge in [0.2, 0.25) is 0 Å². The molecule has 14 heavy (non-hydrogen) atoms. The molecule has 0 aromatic heterocycles. The first-order valence-corrected chi connectivity index (χ1v) is 5.06. The molecule has 1 aromatic rings. The smallest absolute Gasteiger partial charge is 0.164 e. The van der Waals surface area contributed by atoms with Crippen molar-refractivity contribution >= 4 is 21.7 Å². The van der Waals surface area contributed by atoms with Crippen LogP contribution in [0, 0.1) is 0 Å². The largest absolute Gasteiger partial charge is 0.504 e. The summed E-state index contributed by atoms with van der Waals surface area (Å²) in [5.41, 5.74) is 1.46. The Labute approximate surface area is 89.8 Å². The minimum Gasteiger partial charge on any atom is -0.504 e. The minimum absolute atomic E-state index is 0.0767. The van der Waals surface area contributed by atoms with E-state index in [1.807, 2.05) is 0 Å². The second-order valence-corrected chi connectivity index (χ2v) is 4.04. The molecule has 4 heteroatoms. The lowest BCUT2D eigenvalue weighted by molar-refractivity contribution is 0.0994. The fourth-order valence-corrected chi connectivity index (χ4v) is 2.48. The zero-order valence-electron chi connectivity index (χ0n) is 7.63. The molecule has 0 heterocycles. The normalized spacial score (nSPS) is 14.3. The lowest BCUT2D eigenvalue weighted by Gasteiger charge is -2.09. The number of rotatable bonds is 1. The van der Waals surface area contributed by atoms with Gasteiger partial charge in [-0.25, -0.2) is 0 Å². The van der Waals surface area contributed by atoms with Crippen LogP contribution in [-0.2, 0) is 6.42 Å². The molecule has 1 N–H and O–H groups in total. The molecule has 74 valence electrons. The van der Waals surface area contributed by atoms with Gasteiger partial charge in [-0.3, -0.25) is 4.79 Å². The van der Waals surface area contributed by atoms with Crippen molar-refractivity contribution in [2.75, 3.05) is 7.11 Å². The molecule has 3 nitrogen and oxygen atoms in total. The van der Waals surface area contributed by atoms with Gasteiger partial charge >= 0.3 is 0 Å². The van der Waals surface area contributed by atoms with Crippen LogP contribution in [0.2, 0.25) is 0 Å². The Morgan fingerprint density at radius 2 is 2.21 bits per heavy atom. The molecule has 0 unspecified atom stereocenters. The molecule has 0 spiro atoms. The van der Waals surface area contributed by atoms with Crippen LogP contribution < -0.4 is 4.74 Å². The molecular weight excluding hydrogens is 248 g/mol. The number of phenolic OH excluding ortho intramolecular Hbond substituents is 1. The van der Waals surface area contributed by atoms with Crippen molar-refractivity contribution in [1.29, 1.82) is 0 Å². The van der Waals surface area contributed by atoms with E-state index in [0.717, 1.165) is 5.56 Å². The number of halogens is 1. The van der Waals surface area contributed by atoms with Crippen molar-refractivity contribution in [2.24, 2.45) is 0 Å². The third kappa shape index (κ3) is 1.21. The Bertz CT molecular complexity index is 412. The fourth-order valence-electron chi connectivity index (χ4n) is 1.80. The summed E-state index contributed by atoms with van der Waals surface area (Å²) in [5.74, 6) is 0.604. The Kier molecular flexibility index (Phi) is 2.23. The van der Waals surface area contributed by atoms with Crippen molar-refractivity contribution in [2.45, 2.75) is 12.8 Å². The van der Waals surface area contributed by atoms with Crippen LogP contribution >= 0.6 is 15.9 Å². The number of Topliss-reactive ketones (excluding diaryl/α,β-unsaturated/α-hetero) is 1. The average Bonchev–Trinajstić information content (AvgIpc) is 2.49. The average molecular weight is 257 g/mol. The molecule has 2 rings (SSSR count). The third-order valence-electron chi connectivity index (χ3n) is 2.40. The number of hydrogen-bond donors (Lipinski definition) is 1. The summed E-state index contributed by atoms with van der Waals surface area (Å²) in [6.07, 6.45) is 1.14. The van der Waals surface area contributed by atoms with Crippen molar-refractivity contribution in [3.05, 3.63) is 21.7 Å². The summed E-state index contributed by atoms with van der Waals surface area (Å²) in [6.45, 7) is 0.